The van der Waals surface area contributed by atoms with E-state index in [2.05, 4.69) is 53.3 Å². The Bertz CT molecular complexity index is 983. The van der Waals surface area contributed by atoms with Crippen molar-refractivity contribution in [3.05, 3.63) is 71.9 Å². The van der Waals surface area contributed by atoms with E-state index in [-0.39, 0.29) is 0 Å². The molecule has 4 rings (SSSR count). The van der Waals surface area contributed by atoms with Gasteiger partial charge in [-0.15, -0.1) is 0 Å². The molecule has 4 nitrogen and oxygen atoms in total. The van der Waals surface area contributed by atoms with Crippen LogP contribution in [0, 0.1) is 6.92 Å². The number of hydrogen-bond donors (Lipinski definition) is 2. The van der Waals surface area contributed by atoms with Crippen LogP contribution in [0.2, 0.25) is 0 Å². The van der Waals surface area contributed by atoms with Gasteiger partial charge in [0.1, 0.15) is 0 Å². The second-order valence-electron chi connectivity index (χ2n) is 7.71. The van der Waals surface area contributed by atoms with Gasteiger partial charge in [-0.05, 0) is 61.7 Å². The van der Waals surface area contributed by atoms with Crippen molar-refractivity contribution in [1.82, 2.24) is 4.57 Å². The summed E-state index contributed by atoms with van der Waals surface area (Å²) in [5.41, 5.74) is 11.6. The van der Waals surface area contributed by atoms with Crippen molar-refractivity contribution < 1.29 is 4.79 Å². The van der Waals surface area contributed by atoms with Crippen molar-refractivity contribution >= 4 is 11.6 Å². The van der Waals surface area contributed by atoms with Gasteiger partial charge in [-0.25, -0.2) is 0 Å². The lowest BCUT2D eigenvalue weighted by atomic mass is 9.95. The number of hydrogen-bond acceptors (Lipinski definition) is 2. The molecule has 0 atom stereocenters. The highest BCUT2D eigenvalue weighted by Gasteiger charge is 2.17. The fourth-order valence-corrected chi connectivity index (χ4v) is 4.13. The van der Waals surface area contributed by atoms with Crippen LogP contribution in [0.15, 0.2) is 60.8 Å². The summed E-state index contributed by atoms with van der Waals surface area (Å²) in [6.45, 7) is 2.10. The Morgan fingerprint density at radius 2 is 1.86 bits per heavy atom. The molecule has 1 aliphatic rings. The minimum atomic E-state index is -0.392. The molecule has 3 aromatic rings. The molecule has 0 radical (unpaired) electrons. The maximum atomic E-state index is 12.0. The first-order valence-electron chi connectivity index (χ1n) is 10.1. The lowest BCUT2D eigenvalue weighted by Crippen LogP contribution is -2.24. The maximum absolute atomic E-state index is 12.0. The zero-order valence-electron chi connectivity index (χ0n) is 16.3. The molecular weight excluding hydrogens is 346 g/mol. The Labute approximate surface area is 166 Å². The van der Waals surface area contributed by atoms with Crippen molar-refractivity contribution in [3.63, 3.8) is 0 Å². The fourth-order valence-electron chi connectivity index (χ4n) is 4.13. The molecule has 0 aliphatic heterocycles. The third kappa shape index (κ3) is 3.81. The third-order valence-electron chi connectivity index (χ3n) is 5.57. The number of aryl methyl sites for hydroxylation is 1. The number of aromatic nitrogens is 1. The zero-order valence-corrected chi connectivity index (χ0v) is 16.3. The highest BCUT2D eigenvalue weighted by atomic mass is 16.1. The van der Waals surface area contributed by atoms with Crippen LogP contribution in [0.1, 0.15) is 48.0 Å². The van der Waals surface area contributed by atoms with Crippen LogP contribution in [0.25, 0.3) is 16.9 Å². The number of benzene rings is 2. The Morgan fingerprint density at radius 1 is 1.04 bits per heavy atom. The normalized spacial score (nSPS) is 14.8. The predicted molar refractivity (Wildman–Crippen MR) is 115 cm³/mol. The van der Waals surface area contributed by atoms with Gasteiger partial charge in [0.25, 0.3) is 5.91 Å². The van der Waals surface area contributed by atoms with Crippen molar-refractivity contribution in [1.29, 1.82) is 0 Å². The first kappa shape index (κ1) is 18.4. The van der Waals surface area contributed by atoms with Gasteiger partial charge in [-0.1, -0.05) is 43.0 Å². The standard InChI is InChI=1S/C24H27N3O/c1-17-7-5-8-18(15-17)23-11-6-14-27(23)20-12-13-21(24(25)28)22(16-20)26-19-9-3-2-4-10-19/h5-8,11-16,19,26H,2-4,9-10H2,1H3,(H2,25,28). The summed E-state index contributed by atoms with van der Waals surface area (Å²) in [6.07, 6.45) is 8.10. The zero-order chi connectivity index (χ0) is 19.5. The predicted octanol–water partition coefficient (Wildman–Crippen LogP) is 5.30. The summed E-state index contributed by atoms with van der Waals surface area (Å²) >= 11 is 0. The summed E-state index contributed by atoms with van der Waals surface area (Å²) in [4.78, 5) is 12.0. The fraction of sp³-hybridized carbons (Fsp3) is 0.292. The van der Waals surface area contributed by atoms with E-state index in [1.54, 1.807) is 0 Å². The summed E-state index contributed by atoms with van der Waals surface area (Å²) in [6, 6.07) is 18.9. The molecule has 2 aromatic carbocycles. The number of rotatable bonds is 5. The van der Waals surface area contributed by atoms with E-state index in [0.29, 0.717) is 11.6 Å². The number of nitrogens with one attached hydrogen (secondary N) is 1. The lowest BCUT2D eigenvalue weighted by molar-refractivity contribution is 0.100. The smallest absolute Gasteiger partial charge is 0.250 e. The maximum Gasteiger partial charge on any atom is 0.250 e. The van der Waals surface area contributed by atoms with Gasteiger partial charge in [0.2, 0.25) is 0 Å². The van der Waals surface area contributed by atoms with Crippen LogP contribution >= 0.6 is 0 Å². The average Bonchev–Trinajstić information content (AvgIpc) is 3.18. The SMILES string of the molecule is Cc1cccc(-c2cccn2-c2ccc(C(N)=O)c(NC3CCCCC3)c2)c1. The molecule has 0 saturated heterocycles. The topological polar surface area (TPSA) is 60.0 Å². The average molecular weight is 374 g/mol. The van der Waals surface area contributed by atoms with Crippen LogP contribution in [-0.2, 0) is 0 Å². The molecule has 1 amide bonds. The van der Waals surface area contributed by atoms with E-state index >= 15 is 0 Å². The lowest BCUT2D eigenvalue weighted by Gasteiger charge is -2.25. The quantitative estimate of drug-likeness (QED) is 0.638. The second-order valence-corrected chi connectivity index (χ2v) is 7.71. The Balaban J connectivity index is 1.72. The molecule has 1 fully saturated rings. The number of carbonyl (C=O) groups excluding carboxylic acids is 1. The Kier molecular flexibility index (Phi) is 5.20. The molecule has 4 heteroatoms. The number of anilines is 1. The Morgan fingerprint density at radius 3 is 2.61 bits per heavy atom. The third-order valence-corrected chi connectivity index (χ3v) is 5.57. The van der Waals surface area contributed by atoms with Crippen molar-refractivity contribution in [2.24, 2.45) is 5.73 Å². The van der Waals surface area contributed by atoms with E-state index in [4.69, 9.17) is 5.73 Å². The summed E-state index contributed by atoms with van der Waals surface area (Å²) < 4.78 is 2.16. The van der Waals surface area contributed by atoms with Crippen LogP contribution in [-0.4, -0.2) is 16.5 Å². The van der Waals surface area contributed by atoms with Gasteiger partial charge in [0.05, 0.1) is 11.3 Å². The van der Waals surface area contributed by atoms with Gasteiger partial charge in [0.15, 0.2) is 0 Å². The Hall–Kier alpha value is -3.01. The number of amides is 1. The summed E-state index contributed by atoms with van der Waals surface area (Å²) in [5.74, 6) is -0.392. The molecule has 3 N–H and O–H groups in total. The monoisotopic (exact) mass is 373 g/mol. The molecule has 1 heterocycles. The number of primary amides is 1. The van der Waals surface area contributed by atoms with Gasteiger partial charge in [-0.2, -0.15) is 0 Å². The molecule has 1 aromatic heterocycles. The minimum Gasteiger partial charge on any atom is -0.382 e. The molecular formula is C24H27N3O. The highest BCUT2D eigenvalue weighted by molar-refractivity contribution is 5.99. The van der Waals surface area contributed by atoms with Crippen molar-refractivity contribution in [2.75, 3.05) is 5.32 Å². The number of nitrogens with zero attached hydrogens (tertiary/aromatic N) is 1. The number of carbonyl (C=O) groups is 1. The van der Waals surface area contributed by atoms with Crippen molar-refractivity contribution in [2.45, 2.75) is 45.1 Å². The molecule has 0 unspecified atom stereocenters. The highest BCUT2D eigenvalue weighted by Crippen LogP contribution is 2.29. The second kappa shape index (κ2) is 7.93. The van der Waals surface area contributed by atoms with E-state index in [1.165, 1.54) is 30.4 Å². The van der Waals surface area contributed by atoms with E-state index in [9.17, 15) is 4.79 Å². The molecule has 1 saturated carbocycles. The van der Waals surface area contributed by atoms with Gasteiger partial charge >= 0.3 is 0 Å². The van der Waals surface area contributed by atoms with Crippen LogP contribution in [0.5, 0.6) is 0 Å². The van der Waals surface area contributed by atoms with Crippen LogP contribution < -0.4 is 11.1 Å². The van der Waals surface area contributed by atoms with Crippen LogP contribution in [0.4, 0.5) is 5.69 Å². The van der Waals surface area contributed by atoms with E-state index in [1.807, 2.05) is 24.3 Å². The minimum absolute atomic E-state index is 0.392. The molecule has 0 spiro atoms. The molecule has 1 aliphatic carbocycles. The van der Waals surface area contributed by atoms with E-state index < -0.39 is 5.91 Å². The summed E-state index contributed by atoms with van der Waals surface area (Å²) in [7, 11) is 0. The van der Waals surface area contributed by atoms with Crippen LogP contribution in [0.3, 0.4) is 0 Å². The van der Waals surface area contributed by atoms with Gasteiger partial charge in [0, 0.05) is 23.6 Å². The molecule has 144 valence electrons. The largest absolute Gasteiger partial charge is 0.382 e. The molecule has 28 heavy (non-hydrogen) atoms. The van der Waals surface area contributed by atoms with Gasteiger partial charge < -0.3 is 15.6 Å². The first-order chi connectivity index (χ1) is 13.6. The number of nitrogens with two attached hydrogens (primary N) is 1. The first-order valence-corrected chi connectivity index (χ1v) is 10.1. The van der Waals surface area contributed by atoms with E-state index in [0.717, 1.165) is 29.9 Å². The summed E-state index contributed by atoms with van der Waals surface area (Å²) in [5, 5.41) is 3.59. The van der Waals surface area contributed by atoms with Crippen molar-refractivity contribution in [3.8, 4) is 16.9 Å². The van der Waals surface area contributed by atoms with Gasteiger partial charge in [-0.3, -0.25) is 4.79 Å². The molecule has 0 bridgehead atoms.